The zero-order valence-electron chi connectivity index (χ0n) is 13.5. The summed E-state index contributed by atoms with van der Waals surface area (Å²) >= 11 is 5.22. The first-order valence-corrected chi connectivity index (χ1v) is 8.67. The molecule has 2 N–H and O–H groups in total. The Labute approximate surface area is 145 Å². The number of carbonyl (C=O) groups is 1. The molecule has 0 aliphatic heterocycles. The van der Waals surface area contributed by atoms with Gasteiger partial charge in [0.25, 0.3) is 11.5 Å². The fourth-order valence-corrected chi connectivity index (χ4v) is 3.51. The highest BCUT2D eigenvalue weighted by molar-refractivity contribution is 7.71. The van der Waals surface area contributed by atoms with E-state index in [1.807, 2.05) is 0 Å². The average molecular weight is 343 g/mol. The molecule has 0 unspecified atom stereocenters. The third-order valence-electron chi connectivity index (χ3n) is 4.58. The quantitative estimate of drug-likeness (QED) is 0.647. The monoisotopic (exact) mass is 343 g/mol. The molecule has 1 heterocycles. The summed E-state index contributed by atoms with van der Waals surface area (Å²) in [5.41, 5.74) is 0.942. The zero-order valence-corrected chi connectivity index (χ0v) is 14.3. The van der Waals surface area contributed by atoms with Crippen molar-refractivity contribution in [2.24, 2.45) is 5.92 Å². The maximum Gasteiger partial charge on any atom is 0.262 e. The molecule has 0 saturated heterocycles. The Hall–Kier alpha value is -2.21. The zero-order chi connectivity index (χ0) is 17.1. The van der Waals surface area contributed by atoms with E-state index in [0.29, 0.717) is 40.2 Å². The number of hydrogen-bond acceptors (Lipinski definition) is 3. The predicted octanol–water partition coefficient (Wildman–Crippen LogP) is 3.17. The molecule has 1 aromatic heterocycles. The number of rotatable bonds is 5. The van der Waals surface area contributed by atoms with Gasteiger partial charge in [0, 0.05) is 18.7 Å². The summed E-state index contributed by atoms with van der Waals surface area (Å²) in [6.45, 7) is 4.71. The van der Waals surface area contributed by atoms with Crippen molar-refractivity contribution >= 4 is 29.0 Å². The first-order valence-electron chi connectivity index (χ1n) is 8.26. The van der Waals surface area contributed by atoms with Gasteiger partial charge >= 0.3 is 0 Å². The van der Waals surface area contributed by atoms with Crippen LogP contribution in [0.4, 0.5) is 0 Å². The molecule has 0 radical (unpaired) electrons. The van der Waals surface area contributed by atoms with E-state index in [0.717, 1.165) is 0 Å². The fourth-order valence-electron chi connectivity index (χ4n) is 3.24. The lowest BCUT2D eigenvalue weighted by Crippen LogP contribution is -2.28. The molecule has 1 aliphatic carbocycles. The van der Waals surface area contributed by atoms with Gasteiger partial charge in [0.1, 0.15) is 0 Å². The van der Waals surface area contributed by atoms with Crippen LogP contribution >= 0.6 is 12.2 Å². The van der Waals surface area contributed by atoms with Crippen molar-refractivity contribution < 1.29 is 4.79 Å². The molecule has 126 valence electrons. The molecule has 1 saturated carbocycles. The third kappa shape index (κ3) is 3.33. The molecule has 2 aromatic rings. The largest absolute Gasteiger partial charge is 0.352 e. The number of amides is 1. The van der Waals surface area contributed by atoms with E-state index < -0.39 is 0 Å². The summed E-state index contributed by atoms with van der Waals surface area (Å²) in [6, 6.07) is 5.05. The van der Waals surface area contributed by atoms with Gasteiger partial charge in [-0.3, -0.25) is 14.2 Å². The Morgan fingerprint density at radius 3 is 2.88 bits per heavy atom. The van der Waals surface area contributed by atoms with Crippen LogP contribution in [0.15, 0.2) is 35.6 Å². The van der Waals surface area contributed by atoms with Gasteiger partial charge < -0.3 is 10.3 Å². The number of fused-ring (bicyclic) bond motifs is 1. The van der Waals surface area contributed by atoms with Crippen LogP contribution in [0, 0.1) is 10.7 Å². The molecule has 0 spiro atoms. The van der Waals surface area contributed by atoms with Gasteiger partial charge in [0.15, 0.2) is 4.77 Å². The minimum absolute atomic E-state index is 0.113. The van der Waals surface area contributed by atoms with Crippen LogP contribution in [0.2, 0.25) is 0 Å². The smallest absolute Gasteiger partial charge is 0.262 e. The van der Waals surface area contributed by atoms with Gasteiger partial charge in [-0.2, -0.15) is 0 Å². The molecule has 1 amide bonds. The highest BCUT2D eigenvalue weighted by Crippen LogP contribution is 2.23. The summed E-state index contributed by atoms with van der Waals surface area (Å²) in [6.07, 6.45) is 6.51. The molecule has 24 heavy (non-hydrogen) atoms. The second-order valence-electron chi connectivity index (χ2n) is 6.26. The van der Waals surface area contributed by atoms with Crippen molar-refractivity contribution in [2.45, 2.75) is 32.2 Å². The Balaban J connectivity index is 1.86. The number of aromatic amines is 1. The van der Waals surface area contributed by atoms with Gasteiger partial charge in [0.05, 0.1) is 10.9 Å². The molecule has 1 aliphatic rings. The number of benzene rings is 1. The Kier molecular flexibility index (Phi) is 4.94. The number of nitrogens with zero attached hydrogens (tertiary/aromatic N) is 1. The van der Waals surface area contributed by atoms with Crippen LogP contribution in [-0.4, -0.2) is 22.0 Å². The molecule has 3 rings (SSSR count). The van der Waals surface area contributed by atoms with E-state index in [-0.39, 0.29) is 11.5 Å². The number of aromatic nitrogens is 2. The number of nitrogens with one attached hydrogen (secondary N) is 2. The van der Waals surface area contributed by atoms with Crippen molar-refractivity contribution in [1.82, 2.24) is 14.9 Å². The SMILES string of the molecule is C=CCn1c(=S)[nH]c2cc(C(=O)NCC3CCCC3)ccc2c1=O. The lowest BCUT2D eigenvalue weighted by atomic mass is 10.1. The normalized spacial score (nSPS) is 14.8. The number of H-pyrrole nitrogens is 1. The van der Waals surface area contributed by atoms with Crippen molar-refractivity contribution in [3.05, 3.63) is 51.5 Å². The third-order valence-corrected chi connectivity index (χ3v) is 4.90. The van der Waals surface area contributed by atoms with Crippen molar-refractivity contribution in [2.75, 3.05) is 6.54 Å². The number of carbonyl (C=O) groups excluding carboxylic acids is 1. The van der Waals surface area contributed by atoms with Crippen LogP contribution in [0.25, 0.3) is 10.9 Å². The highest BCUT2D eigenvalue weighted by Gasteiger charge is 2.16. The molecular weight excluding hydrogens is 322 g/mol. The van der Waals surface area contributed by atoms with Gasteiger partial charge in [-0.1, -0.05) is 18.9 Å². The standard InChI is InChI=1S/C18H21N3O2S/c1-2-9-21-17(23)14-8-7-13(10-15(14)20-18(21)24)16(22)19-11-12-5-3-4-6-12/h2,7-8,10,12H,1,3-6,9,11H2,(H,19,22)(H,20,24). The minimum Gasteiger partial charge on any atom is -0.352 e. The molecule has 5 nitrogen and oxygen atoms in total. The van der Waals surface area contributed by atoms with Crippen molar-refractivity contribution in [1.29, 1.82) is 0 Å². The van der Waals surface area contributed by atoms with Crippen LogP contribution in [0.5, 0.6) is 0 Å². The van der Waals surface area contributed by atoms with Crippen LogP contribution in [0.3, 0.4) is 0 Å². The fraction of sp³-hybridized carbons (Fsp3) is 0.389. The van der Waals surface area contributed by atoms with E-state index in [2.05, 4.69) is 16.9 Å². The average Bonchev–Trinajstić information content (AvgIpc) is 3.09. The summed E-state index contributed by atoms with van der Waals surface area (Å²) < 4.78 is 1.78. The summed E-state index contributed by atoms with van der Waals surface area (Å²) in [5.74, 6) is 0.477. The Morgan fingerprint density at radius 1 is 1.42 bits per heavy atom. The van der Waals surface area contributed by atoms with E-state index in [4.69, 9.17) is 12.2 Å². The molecule has 0 atom stereocenters. The first kappa shape index (κ1) is 16.6. The van der Waals surface area contributed by atoms with E-state index in [1.165, 1.54) is 30.3 Å². The minimum atomic E-state index is -0.174. The highest BCUT2D eigenvalue weighted by atomic mass is 32.1. The van der Waals surface area contributed by atoms with Crippen LogP contribution < -0.4 is 10.9 Å². The lowest BCUT2D eigenvalue weighted by Gasteiger charge is -2.11. The van der Waals surface area contributed by atoms with Gasteiger partial charge in [0.2, 0.25) is 0 Å². The van der Waals surface area contributed by atoms with E-state index >= 15 is 0 Å². The topological polar surface area (TPSA) is 66.9 Å². The van der Waals surface area contributed by atoms with Gasteiger partial charge in [-0.15, -0.1) is 6.58 Å². The van der Waals surface area contributed by atoms with E-state index in [9.17, 15) is 9.59 Å². The predicted molar refractivity (Wildman–Crippen MR) is 97.9 cm³/mol. The second kappa shape index (κ2) is 7.13. The first-order chi connectivity index (χ1) is 11.6. The second-order valence-corrected chi connectivity index (χ2v) is 6.64. The van der Waals surface area contributed by atoms with Crippen molar-refractivity contribution in [3.8, 4) is 0 Å². The molecule has 0 bridgehead atoms. The Morgan fingerprint density at radius 2 is 2.17 bits per heavy atom. The summed E-state index contributed by atoms with van der Waals surface area (Å²) in [7, 11) is 0. The molecule has 6 heteroatoms. The lowest BCUT2D eigenvalue weighted by molar-refractivity contribution is 0.0947. The van der Waals surface area contributed by atoms with Crippen LogP contribution in [0.1, 0.15) is 36.0 Å². The maximum absolute atomic E-state index is 12.4. The Bertz CT molecular complexity index is 891. The van der Waals surface area contributed by atoms with Crippen molar-refractivity contribution in [3.63, 3.8) is 0 Å². The number of hydrogen-bond donors (Lipinski definition) is 2. The van der Waals surface area contributed by atoms with Gasteiger partial charge in [-0.05, 0) is 49.2 Å². The molecular formula is C18H21N3O2S. The molecule has 1 fully saturated rings. The maximum atomic E-state index is 12.4. The summed E-state index contributed by atoms with van der Waals surface area (Å²) in [5, 5.41) is 3.50. The van der Waals surface area contributed by atoms with E-state index in [1.54, 1.807) is 24.3 Å². The molecule has 1 aromatic carbocycles. The number of allylic oxidation sites excluding steroid dienone is 1. The summed E-state index contributed by atoms with van der Waals surface area (Å²) in [4.78, 5) is 27.8. The van der Waals surface area contributed by atoms with Gasteiger partial charge in [-0.25, -0.2) is 0 Å². The van der Waals surface area contributed by atoms with Crippen LogP contribution in [-0.2, 0) is 6.54 Å².